The highest BCUT2D eigenvalue weighted by molar-refractivity contribution is 7.80. The van der Waals surface area contributed by atoms with Gasteiger partial charge in [-0.3, -0.25) is 10.1 Å². The quantitative estimate of drug-likeness (QED) is 0.129. The Labute approximate surface area is 234 Å². The van der Waals surface area contributed by atoms with E-state index in [-0.39, 0.29) is 5.69 Å². The minimum absolute atomic E-state index is 0.0608. The lowest BCUT2D eigenvalue weighted by molar-refractivity contribution is -0.384. The first-order valence-corrected chi connectivity index (χ1v) is 12.8. The molecule has 3 aromatic carbocycles. The first kappa shape index (κ1) is 26.9. The second kappa shape index (κ2) is 12.4. The van der Waals surface area contributed by atoms with Gasteiger partial charge in [0.2, 0.25) is 0 Å². The van der Waals surface area contributed by atoms with Crippen LogP contribution in [0.4, 0.5) is 11.4 Å². The standard InChI is InChI=1S/C26H22Cl3N5O2S/c27-20-4-2-5-21(13-20)31-26(37)32(16-19-3-1-6-24(28)25(19)29)12-11-23-14-30-17-33(23)15-18-7-9-22(10-8-18)34(35)36/h1-10,13-14,17H,11-12,15-16H2,(H,31,37). The topological polar surface area (TPSA) is 76.2 Å². The molecule has 1 N–H and O–H groups in total. The number of imidazole rings is 1. The predicted molar refractivity (Wildman–Crippen MR) is 153 cm³/mol. The molecule has 0 fully saturated rings. The third kappa shape index (κ3) is 7.20. The number of thiocarbonyl (C=S) groups is 1. The Bertz CT molecular complexity index is 1410. The molecule has 0 radical (unpaired) electrons. The fourth-order valence-electron chi connectivity index (χ4n) is 3.77. The fourth-order valence-corrected chi connectivity index (χ4v) is 4.61. The van der Waals surface area contributed by atoms with Crippen molar-refractivity contribution in [1.29, 1.82) is 0 Å². The molecule has 0 saturated heterocycles. The van der Waals surface area contributed by atoms with E-state index < -0.39 is 4.92 Å². The Morgan fingerprint density at radius 3 is 2.57 bits per heavy atom. The van der Waals surface area contributed by atoms with E-state index in [0.29, 0.717) is 46.2 Å². The second-order valence-corrected chi connectivity index (χ2v) is 9.87. The van der Waals surface area contributed by atoms with E-state index >= 15 is 0 Å². The minimum Gasteiger partial charge on any atom is -0.344 e. The van der Waals surface area contributed by atoms with E-state index in [0.717, 1.165) is 22.5 Å². The Balaban J connectivity index is 1.50. The third-order valence-corrected chi connectivity index (χ3v) is 7.15. The van der Waals surface area contributed by atoms with E-state index in [1.165, 1.54) is 12.1 Å². The minimum atomic E-state index is -0.409. The highest BCUT2D eigenvalue weighted by Crippen LogP contribution is 2.27. The molecule has 1 heterocycles. The van der Waals surface area contributed by atoms with Gasteiger partial charge >= 0.3 is 0 Å². The number of non-ortho nitro benzene ring substituents is 1. The van der Waals surface area contributed by atoms with Gasteiger partial charge in [-0.15, -0.1) is 0 Å². The summed E-state index contributed by atoms with van der Waals surface area (Å²) in [6, 6.07) is 19.4. The highest BCUT2D eigenvalue weighted by Gasteiger charge is 2.16. The molecule has 0 unspecified atom stereocenters. The normalized spacial score (nSPS) is 10.8. The van der Waals surface area contributed by atoms with Crippen molar-refractivity contribution in [1.82, 2.24) is 14.5 Å². The van der Waals surface area contributed by atoms with E-state index in [1.807, 2.05) is 39.9 Å². The van der Waals surface area contributed by atoms with Gasteiger partial charge in [-0.1, -0.05) is 65.1 Å². The number of rotatable bonds is 9. The summed E-state index contributed by atoms with van der Waals surface area (Å²) in [5.41, 5.74) is 3.62. The van der Waals surface area contributed by atoms with E-state index in [1.54, 1.807) is 36.7 Å². The van der Waals surface area contributed by atoms with Gasteiger partial charge in [0.1, 0.15) is 0 Å². The molecule has 0 bridgehead atoms. The van der Waals surface area contributed by atoms with E-state index in [4.69, 9.17) is 47.0 Å². The number of nitrogens with one attached hydrogen (secondary N) is 1. The first-order chi connectivity index (χ1) is 17.8. The summed E-state index contributed by atoms with van der Waals surface area (Å²) >= 11 is 24.6. The number of aromatic nitrogens is 2. The zero-order valence-corrected chi connectivity index (χ0v) is 22.6. The molecule has 7 nitrogen and oxygen atoms in total. The molecule has 0 aliphatic heterocycles. The van der Waals surface area contributed by atoms with Crippen LogP contribution in [0.25, 0.3) is 0 Å². The van der Waals surface area contributed by atoms with Crippen molar-refractivity contribution in [2.75, 3.05) is 11.9 Å². The van der Waals surface area contributed by atoms with Crippen molar-refractivity contribution < 1.29 is 4.92 Å². The number of nitro benzene ring substituents is 1. The summed E-state index contributed by atoms with van der Waals surface area (Å²) in [5, 5.41) is 16.3. The zero-order valence-electron chi connectivity index (χ0n) is 19.5. The average molecular weight is 575 g/mol. The van der Waals surface area contributed by atoms with Crippen molar-refractivity contribution in [2.24, 2.45) is 0 Å². The van der Waals surface area contributed by atoms with Crippen LogP contribution in [0.1, 0.15) is 16.8 Å². The number of halogens is 3. The number of hydrogen-bond donors (Lipinski definition) is 1. The Hall–Kier alpha value is -3.17. The summed E-state index contributed by atoms with van der Waals surface area (Å²) in [5.74, 6) is 0. The molecule has 190 valence electrons. The number of benzene rings is 3. The smallest absolute Gasteiger partial charge is 0.269 e. The van der Waals surface area contributed by atoms with Crippen LogP contribution in [-0.2, 0) is 19.5 Å². The van der Waals surface area contributed by atoms with Crippen LogP contribution in [0.3, 0.4) is 0 Å². The molecule has 0 atom stereocenters. The largest absolute Gasteiger partial charge is 0.344 e. The number of hydrogen-bond acceptors (Lipinski definition) is 4. The van der Waals surface area contributed by atoms with Crippen LogP contribution in [-0.4, -0.2) is 31.0 Å². The summed E-state index contributed by atoms with van der Waals surface area (Å²) in [6.45, 7) is 1.56. The zero-order chi connectivity index (χ0) is 26.4. The molecule has 37 heavy (non-hydrogen) atoms. The van der Waals surface area contributed by atoms with Gasteiger partial charge in [0.15, 0.2) is 5.11 Å². The predicted octanol–water partition coefficient (Wildman–Crippen LogP) is 7.24. The number of nitro groups is 1. The summed E-state index contributed by atoms with van der Waals surface area (Å²) in [4.78, 5) is 16.8. The highest BCUT2D eigenvalue weighted by atomic mass is 35.5. The van der Waals surface area contributed by atoms with Gasteiger partial charge in [-0.05, 0) is 47.6 Å². The SMILES string of the molecule is O=[N+]([O-])c1ccc(Cn2cncc2CCN(Cc2cccc(Cl)c2Cl)C(=S)Nc2cccc(Cl)c2)cc1. The monoisotopic (exact) mass is 573 g/mol. The average Bonchev–Trinajstić information content (AvgIpc) is 3.31. The molecular formula is C26H22Cl3N5O2S. The van der Waals surface area contributed by atoms with Crippen molar-refractivity contribution in [2.45, 2.75) is 19.5 Å². The third-order valence-electron chi connectivity index (χ3n) is 5.69. The fraction of sp³-hybridized carbons (Fsp3) is 0.154. The van der Waals surface area contributed by atoms with Gasteiger partial charge in [-0.2, -0.15) is 0 Å². The van der Waals surface area contributed by atoms with Crippen LogP contribution < -0.4 is 5.32 Å². The lowest BCUT2D eigenvalue weighted by atomic mass is 10.2. The van der Waals surface area contributed by atoms with Crippen LogP contribution in [0.15, 0.2) is 79.3 Å². The maximum atomic E-state index is 10.9. The van der Waals surface area contributed by atoms with Gasteiger partial charge in [0.05, 0.1) is 21.3 Å². The van der Waals surface area contributed by atoms with E-state index in [9.17, 15) is 10.1 Å². The number of anilines is 1. The Kier molecular flexibility index (Phi) is 9.00. The van der Waals surface area contributed by atoms with Gasteiger partial charge in [0.25, 0.3) is 5.69 Å². The molecule has 0 amide bonds. The molecule has 11 heteroatoms. The lowest BCUT2D eigenvalue weighted by Crippen LogP contribution is -2.36. The molecule has 1 aromatic heterocycles. The molecule has 4 rings (SSSR count). The molecule has 0 saturated carbocycles. The van der Waals surface area contributed by atoms with Crippen LogP contribution in [0.2, 0.25) is 15.1 Å². The summed E-state index contributed by atoms with van der Waals surface area (Å²) < 4.78 is 2.01. The van der Waals surface area contributed by atoms with E-state index in [2.05, 4.69) is 10.3 Å². The van der Waals surface area contributed by atoms with Crippen molar-refractivity contribution in [3.63, 3.8) is 0 Å². The molecule has 4 aromatic rings. The molecule has 0 spiro atoms. The first-order valence-electron chi connectivity index (χ1n) is 11.3. The lowest BCUT2D eigenvalue weighted by Gasteiger charge is -2.27. The Morgan fingerprint density at radius 2 is 1.84 bits per heavy atom. The van der Waals surface area contributed by atoms with Crippen molar-refractivity contribution in [3.05, 3.63) is 121 Å². The van der Waals surface area contributed by atoms with Crippen LogP contribution >= 0.6 is 47.0 Å². The maximum Gasteiger partial charge on any atom is 0.269 e. The molecule has 0 aliphatic rings. The van der Waals surface area contributed by atoms with Crippen LogP contribution in [0.5, 0.6) is 0 Å². The van der Waals surface area contributed by atoms with Crippen molar-refractivity contribution in [3.8, 4) is 0 Å². The van der Waals surface area contributed by atoms with Gasteiger partial charge in [0, 0.05) is 60.8 Å². The number of nitrogens with zero attached hydrogens (tertiary/aromatic N) is 4. The second-order valence-electron chi connectivity index (χ2n) is 8.26. The van der Waals surface area contributed by atoms with Crippen molar-refractivity contribution >= 4 is 63.5 Å². The van der Waals surface area contributed by atoms with Gasteiger partial charge in [-0.25, -0.2) is 4.98 Å². The molecule has 0 aliphatic carbocycles. The Morgan fingerprint density at radius 1 is 1.08 bits per heavy atom. The summed E-state index contributed by atoms with van der Waals surface area (Å²) in [6.07, 6.45) is 4.20. The molecular weight excluding hydrogens is 553 g/mol. The summed E-state index contributed by atoms with van der Waals surface area (Å²) in [7, 11) is 0. The van der Waals surface area contributed by atoms with Crippen LogP contribution in [0, 0.1) is 10.1 Å². The maximum absolute atomic E-state index is 10.9. The van der Waals surface area contributed by atoms with Gasteiger partial charge < -0.3 is 14.8 Å².